The first kappa shape index (κ1) is 27.9. The number of non-ortho nitro benzene ring substituents is 1. The number of hydrazone groups is 1. The molecule has 210 valence electrons. The van der Waals surface area contributed by atoms with Gasteiger partial charge in [0, 0.05) is 43.1 Å². The summed E-state index contributed by atoms with van der Waals surface area (Å²) in [6.45, 7) is 1.68. The van der Waals surface area contributed by atoms with E-state index in [0.717, 1.165) is 16.8 Å². The summed E-state index contributed by atoms with van der Waals surface area (Å²) in [6, 6.07) is 20.8. The van der Waals surface area contributed by atoms with E-state index in [-0.39, 0.29) is 30.3 Å². The predicted octanol–water partition coefficient (Wildman–Crippen LogP) is 4.44. The van der Waals surface area contributed by atoms with E-state index in [9.17, 15) is 24.8 Å². The lowest BCUT2D eigenvalue weighted by molar-refractivity contribution is -0.385. The Bertz CT molecular complexity index is 1540. The number of nitro groups is 1. The topological polar surface area (TPSA) is 137 Å². The summed E-state index contributed by atoms with van der Waals surface area (Å²) in [7, 11) is 0. The number of benzene rings is 3. The summed E-state index contributed by atoms with van der Waals surface area (Å²) in [4.78, 5) is 38.8. The van der Waals surface area contributed by atoms with Gasteiger partial charge in [-0.25, -0.2) is 5.01 Å². The number of aliphatic hydroxyl groups excluding tert-OH is 1. The maximum absolute atomic E-state index is 13.7. The minimum absolute atomic E-state index is 0.0817. The van der Waals surface area contributed by atoms with Crippen LogP contribution in [0.3, 0.4) is 0 Å². The van der Waals surface area contributed by atoms with Crippen molar-refractivity contribution in [1.29, 1.82) is 0 Å². The molecule has 0 fully saturated rings. The number of rotatable bonds is 9. The van der Waals surface area contributed by atoms with Crippen LogP contribution in [0, 0.1) is 16.0 Å². The maximum Gasteiger partial charge on any atom is 0.269 e. The number of carbonyl (C=O) groups excluding carboxylic acids is 2. The van der Waals surface area contributed by atoms with Gasteiger partial charge in [0.2, 0.25) is 5.91 Å². The molecule has 0 unspecified atom stereocenters. The summed E-state index contributed by atoms with van der Waals surface area (Å²) in [6.07, 6.45) is 4.55. The van der Waals surface area contributed by atoms with Gasteiger partial charge in [0.1, 0.15) is 0 Å². The molecule has 0 spiro atoms. The van der Waals surface area contributed by atoms with Gasteiger partial charge < -0.3 is 15.1 Å². The fourth-order valence-corrected chi connectivity index (χ4v) is 5.24. The first-order chi connectivity index (χ1) is 19.7. The van der Waals surface area contributed by atoms with Crippen molar-refractivity contribution in [1.82, 2.24) is 0 Å². The van der Waals surface area contributed by atoms with E-state index in [0.29, 0.717) is 30.6 Å². The molecular formula is C31H30N4O6. The van der Waals surface area contributed by atoms with Crippen LogP contribution in [0.2, 0.25) is 0 Å². The molecule has 3 aromatic carbocycles. The SMILES string of the molecule is C[C@@H](/C=C/CCO)[C@]1(O)C(=O)N(Cc2ccc(N3N=C(c4ccccc4)CCC3=O)cc2)c2ccc([N+](=O)[O-])cc21. The average molecular weight is 555 g/mol. The van der Waals surface area contributed by atoms with Crippen molar-refractivity contribution in [2.75, 3.05) is 16.5 Å². The second-order valence-electron chi connectivity index (χ2n) is 10.1. The maximum atomic E-state index is 13.7. The van der Waals surface area contributed by atoms with Gasteiger partial charge in [-0.15, -0.1) is 0 Å². The van der Waals surface area contributed by atoms with Crippen molar-refractivity contribution in [3.63, 3.8) is 0 Å². The van der Waals surface area contributed by atoms with Gasteiger partial charge in [0.15, 0.2) is 5.60 Å². The Morgan fingerprint density at radius 2 is 1.80 bits per heavy atom. The molecule has 41 heavy (non-hydrogen) atoms. The predicted molar refractivity (Wildman–Crippen MR) is 154 cm³/mol. The number of hydrogen-bond acceptors (Lipinski definition) is 7. The summed E-state index contributed by atoms with van der Waals surface area (Å²) in [5.41, 5.74) is 1.41. The highest BCUT2D eigenvalue weighted by atomic mass is 16.6. The van der Waals surface area contributed by atoms with Crippen molar-refractivity contribution >= 4 is 34.6 Å². The molecule has 3 aromatic rings. The van der Waals surface area contributed by atoms with Gasteiger partial charge in [0.05, 0.1) is 28.6 Å². The Labute approximate surface area is 237 Å². The Morgan fingerprint density at radius 3 is 2.49 bits per heavy atom. The highest BCUT2D eigenvalue weighted by Crippen LogP contribution is 2.47. The molecule has 0 aromatic heterocycles. The minimum atomic E-state index is -2.02. The summed E-state index contributed by atoms with van der Waals surface area (Å²) >= 11 is 0. The molecule has 0 saturated carbocycles. The van der Waals surface area contributed by atoms with Crippen LogP contribution in [0.15, 0.2) is 90.0 Å². The average Bonchev–Trinajstić information content (AvgIpc) is 3.20. The first-order valence-electron chi connectivity index (χ1n) is 13.4. The molecule has 2 amide bonds. The van der Waals surface area contributed by atoms with Crippen molar-refractivity contribution < 1.29 is 24.7 Å². The van der Waals surface area contributed by atoms with Crippen molar-refractivity contribution in [3.05, 3.63) is 112 Å². The molecule has 2 heterocycles. The molecule has 2 atom stereocenters. The number of fused-ring (bicyclic) bond motifs is 1. The van der Waals surface area contributed by atoms with Crippen molar-refractivity contribution in [2.24, 2.45) is 11.0 Å². The van der Waals surface area contributed by atoms with Crippen LogP contribution < -0.4 is 9.91 Å². The Hall–Kier alpha value is -4.67. The molecule has 2 aliphatic heterocycles. The van der Waals surface area contributed by atoms with E-state index in [1.54, 1.807) is 43.3 Å². The third-order valence-corrected chi connectivity index (χ3v) is 7.50. The van der Waals surface area contributed by atoms with Crippen LogP contribution >= 0.6 is 0 Å². The fraction of sp³-hybridized carbons (Fsp3) is 0.258. The van der Waals surface area contributed by atoms with Crippen LogP contribution in [0.1, 0.15) is 42.9 Å². The quantitative estimate of drug-likeness (QED) is 0.228. The molecule has 2 aliphatic rings. The number of anilines is 2. The molecule has 0 radical (unpaired) electrons. The van der Waals surface area contributed by atoms with Gasteiger partial charge in [-0.1, -0.05) is 61.5 Å². The summed E-state index contributed by atoms with van der Waals surface area (Å²) in [5.74, 6) is -1.42. The standard InChI is InChI=1S/C31H30N4O6/c1-21(7-5-6-18-36)31(39)26-19-25(35(40)41)14-16-28(26)33(30(31)38)20-22-10-12-24(13-11-22)34-29(37)17-15-27(32-34)23-8-3-2-4-9-23/h2-5,7-14,16,19,21,36,39H,6,15,17-18,20H2,1H3/b7-5+/t21-,31+/m0/s1. The lowest BCUT2D eigenvalue weighted by Crippen LogP contribution is -2.44. The lowest BCUT2D eigenvalue weighted by atomic mass is 9.82. The molecule has 10 nitrogen and oxygen atoms in total. The van der Waals surface area contributed by atoms with E-state index >= 15 is 0 Å². The zero-order valence-corrected chi connectivity index (χ0v) is 22.5. The molecule has 10 heteroatoms. The number of nitrogens with zero attached hydrogens (tertiary/aromatic N) is 4. The monoisotopic (exact) mass is 554 g/mol. The second kappa shape index (κ2) is 11.4. The van der Waals surface area contributed by atoms with Crippen LogP contribution in [0.25, 0.3) is 0 Å². The number of nitro benzene ring substituents is 1. The Morgan fingerprint density at radius 1 is 1.07 bits per heavy atom. The van der Waals surface area contributed by atoms with Gasteiger partial charge in [-0.3, -0.25) is 19.7 Å². The molecule has 2 N–H and O–H groups in total. The highest BCUT2D eigenvalue weighted by Gasteiger charge is 2.53. The number of hydrogen-bond donors (Lipinski definition) is 2. The van der Waals surface area contributed by atoms with Gasteiger partial charge in [-0.05, 0) is 35.7 Å². The Kier molecular flexibility index (Phi) is 7.78. The summed E-state index contributed by atoms with van der Waals surface area (Å²) < 4.78 is 0. The molecule has 0 bridgehead atoms. The van der Waals surface area contributed by atoms with Gasteiger partial charge >= 0.3 is 0 Å². The zero-order valence-electron chi connectivity index (χ0n) is 22.5. The van der Waals surface area contributed by atoms with Crippen LogP contribution in [-0.4, -0.2) is 39.3 Å². The smallest absolute Gasteiger partial charge is 0.269 e. The molecular weight excluding hydrogens is 524 g/mol. The Balaban J connectivity index is 1.43. The molecule has 0 saturated heterocycles. The van der Waals surface area contributed by atoms with E-state index in [1.165, 1.54) is 28.1 Å². The first-order valence-corrected chi connectivity index (χ1v) is 13.4. The lowest BCUT2D eigenvalue weighted by Gasteiger charge is -2.27. The number of carbonyl (C=O) groups is 2. The number of amides is 2. The van der Waals surface area contributed by atoms with Crippen molar-refractivity contribution in [2.45, 2.75) is 38.3 Å². The molecule has 5 rings (SSSR count). The number of aliphatic hydroxyl groups is 2. The fourth-order valence-electron chi connectivity index (χ4n) is 5.24. The third kappa shape index (κ3) is 5.27. The van der Waals surface area contributed by atoms with E-state index in [1.807, 2.05) is 30.3 Å². The summed E-state index contributed by atoms with van der Waals surface area (Å²) in [5, 5.41) is 38.3. The molecule has 0 aliphatic carbocycles. The normalized spacial score (nSPS) is 19.4. The van der Waals surface area contributed by atoms with Crippen LogP contribution in [0.5, 0.6) is 0 Å². The van der Waals surface area contributed by atoms with E-state index < -0.39 is 22.3 Å². The van der Waals surface area contributed by atoms with Crippen molar-refractivity contribution in [3.8, 4) is 0 Å². The largest absolute Gasteiger partial charge is 0.396 e. The zero-order chi connectivity index (χ0) is 29.1. The van der Waals surface area contributed by atoms with E-state index in [2.05, 4.69) is 5.10 Å². The minimum Gasteiger partial charge on any atom is -0.396 e. The third-order valence-electron chi connectivity index (χ3n) is 7.50. The van der Waals surface area contributed by atoms with Gasteiger partial charge in [0.25, 0.3) is 11.6 Å². The van der Waals surface area contributed by atoms with E-state index in [4.69, 9.17) is 5.11 Å². The van der Waals surface area contributed by atoms with Crippen LogP contribution in [0.4, 0.5) is 17.1 Å². The highest BCUT2D eigenvalue weighted by molar-refractivity contribution is 6.09. The van der Waals surface area contributed by atoms with Gasteiger partial charge in [-0.2, -0.15) is 5.10 Å². The van der Waals surface area contributed by atoms with Crippen LogP contribution in [-0.2, 0) is 21.7 Å². The second-order valence-corrected chi connectivity index (χ2v) is 10.1.